The third-order valence-electron chi connectivity index (χ3n) is 14.2. The molecule has 10 rings (SSSR count). The predicted molar refractivity (Wildman–Crippen MR) is 324 cm³/mol. The number of hydrogen-bond donors (Lipinski definition) is 0. The number of nitrogens with zero attached hydrogens (tertiary/aromatic N) is 4. The number of pyridine rings is 4. The fraction of sp³-hybridized carbons (Fsp3) is 0.233. The first-order chi connectivity index (χ1) is 40.7. The average Bonchev–Trinajstić information content (AvgIpc) is 1.96. The van der Waals surface area contributed by atoms with E-state index in [4.69, 9.17) is 13.7 Å². The predicted octanol–water partition coefficient (Wildman–Crippen LogP) is 15.9. The summed E-state index contributed by atoms with van der Waals surface area (Å²) in [4.78, 5) is 0. The molecule has 4 nitrogen and oxygen atoms in total. The van der Waals surface area contributed by atoms with Crippen molar-refractivity contribution in [3.63, 3.8) is 0 Å². The van der Waals surface area contributed by atoms with Crippen molar-refractivity contribution in [3.8, 4) is 67.3 Å². The minimum atomic E-state index is -2.10. The van der Waals surface area contributed by atoms with E-state index in [0.29, 0.717) is 16.7 Å². The second-order valence-corrected chi connectivity index (χ2v) is 19.9. The minimum Gasteiger partial charge on any atom is -0.201 e. The molecule has 0 saturated heterocycles. The summed E-state index contributed by atoms with van der Waals surface area (Å²) in [5, 5.41) is 0. The summed E-state index contributed by atoms with van der Waals surface area (Å²) in [5.41, 5.74) is 23.7. The van der Waals surface area contributed by atoms with E-state index < -0.39 is 26.4 Å². The molecule has 0 spiro atoms. The van der Waals surface area contributed by atoms with Gasteiger partial charge in [0.1, 0.15) is 28.2 Å². The molecular weight excluding hydrogens is 933 g/mol. The molecule has 0 aliphatic carbocycles. The first-order valence-electron chi connectivity index (χ1n) is 31.2. The Bertz CT molecular complexity index is 3980. The van der Waals surface area contributed by atoms with Gasteiger partial charge in [-0.1, -0.05) is 146 Å². The van der Waals surface area contributed by atoms with Crippen LogP contribution in [0.4, 0.5) is 0 Å². The first kappa shape index (κ1) is 44.1. The molecule has 0 N–H and O–H groups in total. The van der Waals surface area contributed by atoms with Gasteiger partial charge in [-0.2, -0.15) is 0 Å². The summed E-state index contributed by atoms with van der Waals surface area (Å²) in [6.45, 7) is 13.3. The van der Waals surface area contributed by atoms with Crippen LogP contribution in [0, 0.1) is 62.2 Å². The van der Waals surface area contributed by atoms with Crippen LogP contribution in [-0.2, 0) is 40.9 Å². The summed E-state index contributed by atoms with van der Waals surface area (Å²) < 4.78 is 84.6. The van der Waals surface area contributed by atoms with E-state index in [1.807, 2.05) is 106 Å². The maximum atomic E-state index is 7.88. The zero-order valence-corrected chi connectivity index (χ0v) is 47.3. The lowest BCUT2D eigenvalue weighted by Gasteiger charge is -2.10. The van der Waals surface area contributed by atoms with Gasteiger partial charge in [-0.3, -0.25) is 0 Å². The zero-order chi connectivity index (χ0) is 63.9. The highest BCUT2D eigenvalue weighted by Crippen LogP contribution is 2.29. The fourth-order valence-electron chi connectivity index (χ4n) is 9.81. The van der Waals surface area contributed by atoms with Crippen LogP contribution in [-0.4, -0.2) is 0 Å². The van der Waals surface area contributed by atoms with Gasteiger partial charge < -0.3 is 0 Å². The lowest BCUT2D eigenvalue weighted by Crippen LogP contribution is -2.32. The standard InChI is InChI=1S/C21H22N.C20H20N.2C16H20N/c1-15-10-11-19(16(2)12-15)21-13-17(3)20(14-22(21)4)18-8-6-5-7-9-18;1-15-9-7-8-12-18(15)20-13-16(2)19(14-21(20)3)17-10-5-4-6-11-17;1-5-14-7-9-16(17(4)11-14)15-8-6-12(2)10-13(15)3;1-5-14-11-17(4)16(10-13(14)3)15-9-7-6-8-12(15)2/h5-14H,1-4H3;4-14H,1-3H3;2*6-11H,5H2,1-4H3/q4*+1/i1D3;;2D3,5D2;5D2. The third kappa shape index (κ3) is 14.1. The third-order valence-corrected chi connectivity index (χ3v) is 14.2. The zero-order valence-electron chi connectivity index (χ0n) is 57.3. The largest absolute Gasteiger partial charge is 0.212 e. The van der Waals surface area contributed by atoms with Gasteiger partial charge >= 0.3 is 0 Å². The summed E-state index contributed by atoms with van der Waals surface area (Å²) in [7, 11) is 7.98. The number of hydrogen-bond acceptors (Lipinski definition) is 0. The van der Waals surface area contributed by atoms with Gasteiger partial charge in [-0.05, 0) is 155 Å². The van der Waals surface area contributed by atoms with E-state index >= 15 is 0 Å². The van der Waals surface area contributed by atoms with Crippen LogP contribution in [0.25, 0.3) is 67.3 Å². The Kier molecular flexibility index (Phi) is 15.0. The molecule has 10 aromatic rings. The van der Waals surface area contributed by atoms with Crippen molar-refractivity contribution in [2.24, 2.45) is 28.2 Å². The van der Waals surface area contributed by atoms with Gasteiger partial charge in [0, 0.05) is 82.5 Å². The Morgan fingerprint density at radius 3 is 1.10 bits per heavy atom. The van der Waals surface area contributed by atoms with E-state index in [9.17, 15) is 0 Å². The van der Waals surface area contributed by atoms with Crippen LogP contribution >= 0.6 is 0 Å². The van der Waals surface area contributed by atoms with Crippen LogP contribution in [0.15, 0.2) is 201 Å². The average molecular weight is 1030 g/mol. The maximum Gasteiger partial charge on any atom is 0.212 e. The summed E-state index contributed by atoms with van der Waals surface area (Å²) in [5.74, 6) is 0. The van der Waals surface area contributed by atoms with Crippen molar-refractivity contribution in [1.82, 2.24) is 0 Å². The molecule has 0 radical (unpaired) electrons. The molecule has 0 bridgehead atoms. The Morgan fingerprint density at radius 1 is 0.325 bits per heavy atom. The highest BCUT2D eigenvalue weighted by Gasteiger charge is 2.19. The molecule has 0 unspecified atom stereocenters. The fourth-order valence-corrected chi connectivity index (χ4v) is 9.81. The summed E-state index contributed by atoms with van der Waals surface area (Å²) in [6, 6.07) is 58.3. The molecule has 4 heterocycles. The Morgan fingerprint density at radius 2 is 0.701 bits per heavy atom. The van der Waals surface area contributed by atoms with Crippen molar-refractivity contribution >= 4 is 0 Å². The highest BCUT2D eigenvalue weighted by molar-refractivity contribution is 5.71. The second kappa shape index (κ2) is 26.1. The maximum absolute atomic E-state index is 7.88. The van der Waals surface area contributed by atoms with Gasteiger partial charge in [0.25, 0.3) is 0 Å². The molecule has 0 fully saturated rings. The van der Waals surface area contributed by atoms with Gasteiger partial charge in [0.2, 0.25) is 22.8 Å². The SMILES string of the molecule is Cc1cc(-c2ccccc2C)[n+](C)cc1-c1ccccc1.[2H]C([2H])(C)c1c[n+](C)c(-c2ccccc2C)cc1C.[2H]C([2H])([2H])c1ccc(-c2cc(C)c(-c3ccccc3)c[n+]2C)c(C)c1.[2H]C([2H])([2H])c1ccc(-c2ccc(C([2H])([2H])C)c[n+]2C)c(C)c1. The van der Waals surface area contributed by atoms with Crippen molar-refractivity contribution in [1.29, 1.82) is 0 Å². The van der Waals surface area contributed by atoms with Gasteiger partial charge in [0.15, 0.2) is 24.8 Å². The summed E-state index contributed by atoms with van der Waals surface area (Å²) >= 11 is 0. The molecule has 0 amide bonds. The normalized spacial score (nSPS) is 13.3. The number of rotatable bonds is 8. The Hall–Kier alpha value is -8.08. The summed E-state index contributed by atoms with van der Waals surface area (Å²) in [6.07, 6.45) is 5.33. The van der Waals surface area contributed by atoms with Crippen molar-refractivity contribution in [3.05, 3.63) is 262 Å². The molecule has 0 saturated carbocycles. The molecular formula is C73H82N4+4. The van der Waals surface area contributed by atoms with Crippen molar-refractivity contribution in [2.45, 2.75) is 88.8 Å². The van der Waals surface area contributed by atoms with Crippen LogP contribution < -0.4 is 18.3 Å². The van der Waals surface area contributed by atoms with E-state index in [1.165, 1.54) is 68.3 Å². The van der Waals surface area contributed by atoms with Gasteiger partial charge in [0.05, 0.1) is 0 Å². The number of aromatic nitrogens is 4. The topological polar surface area (TPSA) is 15.5 Å². The van der Waals surface area contributed by atoms with Crippen LogP contribution in [0.1, 0.15) is 88.8 Å². The molecule has 0 atom stereocenters. The second-order valence-electron chi connectivity index (χ2n) is 19.9. The molecule has 4 heteroatoms. The monoisotopic (exact) mass is 1020 g/mol. The molecule has 0 aliphatic heterocycles. The molecule has 6 aromatic carbocycles. The quantitative estimate of drug-likeness (QED) is 0.135. The van der Waals surface area contributed by atoms with Crippen molar-refractivity contribution < 1.29 is 32.0 Å². The molecule has 4 aromatic heterocycles. The first-order valence-corrected chi connectivity index (χ1v) is 26.2. The Balaban J connectivity index is 0.000000166. The lowest BCUT2D eigenvalue weighted by atomic mass is 9.97. The number of aryl methyl sites for hydroxylation is 15. The molecule has 390 valence electrons. The van der Waals surface area contributed by atoms with Crippen LogP contribution in [0.3, 0.4) is 0 Å². The van der Waals surface area contributed by atoms with E-state index in [1.54, 1.807) is 43.5 Å². The molecule has 77 heavy (non-hydrogen) atoms. The Labute approximate surface area is 476 Å². The van der Waals surface area contributed by atoms with Gasteiger partial charge in [-0.25, -0.2) is 18.3 Å². The van der Waals surface area contributed by atoms with Gasteiger partial charge in [-0.15, -0.1) is 0 Å². The smallest absolute Gasteiger partial charge is 0.201 e. The van der Waals surface area contributed by atoms with E-state index in [2.05, 4.69) is 153 Å². The molecule has 0 aliphatic rings. The minimum absolute atomic E-state index is 0.331. The van der Waals surface area contributed by atoms with Crippen molar-refractivity contribution in [2.75, 3.05) is 0 Å². The lowest BCUT2D eigenvalue weighted by molar-refractivity contribution is -0.661. The van der Waals surface area contributed by atoms with Crippen LogP contribution in [0.2, 0.25) is 0 Å². The van der Waals surface area contributed by atoms with E-state index in [-0.39, 0.29) is 0 Å². The van der Waals surface area contributed by atoms with E-state index in [0.717, 1.165) is 50.5 Å². The number of benzene rings is 6. The van der Waals surface area contributed by atoms with Crippen LogP contribution in [0.5, 0.6) is 0 Å². The highest BCUT2D eigenvalue weighted by atomic mass is 14.9.